The van der Waals surface area contributed by atoms with E-state index >= 15 is 0 Å². The maximum absolute atomic E-state index is 11.7. The molecule has 0 radical (unpaired) electrons. The first-order valence-electron chi connectivity index (χ1n) is 4.23. The Morgan fingerprint density at radius 2 is 1.88 bits per heavy atom. The minimum Gasteiger partial charge on any atom is -0.439 e. The molecule has 0 aliphatic carbocycles. The van der Waals surface area contributed by atoms with Gasteiger partial charge in [0, 0.05) is 0 Å². The monoisotopic (exact) mass is 234 g/mol. The Morgan fingerprint density at radius 3 is 2.38 bits per heavy atom. The maximum atomic E-state index is 11.7. The summed E-state index contributed by atoms with van der Waals surface area (Å²) in [5.41, 5.74) is 0.245. The van der Waals surface area contributed by atoms with Crippen molar-refractivity contribution in [2.75, 3.05) is 11.6 Å². The molecule has 0 saturated carbocycles. The number of hydrogen-bond donors (Lipinski definition) is 1. The number of hydrazine groups is 1. The molecule has 0 aliphatic heterocycles. The second-order valence-electron chi connectivity index (χ2n) is 2.88. The molecule has 1 aromatic rings. The zero-order valence-corrected chi connectivity index (χ0v) is 8.07. The number of rotatable bonds is 2. The van der Waals surface area contributed by atoms with Gasteiger partial charge in [0.15, 0.2) is 6.61 Å². The van der Waals surface area contributed by atoms with Crippen LogP contribution in [0, 0.1) is 0 Å². The van der Waals surface area contributed by atoms with Crippen molar-refractivity contribution in [1.29, 1.82) is 0 Å². The molecule has 0 heterocycles. The summed E-state index contributed by atoms with van der Waals surface area (Å²) in [5, 5.41) is 0.506. The fourth-order valence-corrected chi connectivity index (χ4v) is 0.907. The number of hydrogen-bond acceptors (Lipinski definition) is 3. The standard InChI is InChI=1S/C9H9F3N2O2/c10-9(11,12)6-16-8(15)14(13)7-4-2-1-3-5-7/h1-5H,6,13H2. The van der Waals surface area contributed by atoms with Crippen molar-refractivity contribution in [1.82, 2.24) is 0 Å². The first-order chi connectivity index (χ1) is 7.40. The quantitative estimate of drug-likeness (QED) is 0.484. The molecule has 0 atom stereocenters. The molecule has 16 heavy (non-hydrogen) atoms. The number of para-hydroxylation sites is 1. The number of halogens is 3. The molecule has 2 N–H and O–H groups in total. The molecule has 0 aliphatic rings. The second-order valence-corrected chi connectivity index (χ2v) is 2.88. The smallest absolute Gasteiger partial charge is 0.429 e. The van der Waals surface area contributed by atoms with Crippen LogP contribution in [0.4, 0.5) is 23.7 Å². The van der Waals surface area contributed by atoms with Gasteiger partial charge in [-0.25, -0.2) is 15.6 Å². The highest BCUT2D eigenvalue weighted by Crippen LogP contribution is 2.16. The van der Waals surface area contributed by atoms with Gasteiger partial charge in [0.25, 0.3) is 0 Å². The predicted molar refractivity (Wildman–Crippen MR) is 50.5 cm³/mol. The van der Waals surface area contributed by atoms with Crippen LogP contribution < -0.4 is 10.9 Å². The highest BCUT2D eigenvalue weighted by molar-refractivity contribution is 5.86. The van der Waals surface area contributed by atoms with Crippen LogP contribution in [0.5, 0.6) is 0 Å². The van der Waals surface area contributed by atoms with E-state index in [9.17, 15) is 18.0 Å². The van der Waals surface area contributed by atoms with E-state index in [1.165, 1.54) is 12.1 Å². The van der Waals surface area contributed by atoms with Gasteiger partial charge in [-0.2, -0.15) is 13.2 Å². The number of benzene rings is 1. The summed E-state index contributed by atoms with van der Waals surface area (Å²) in [6, 6.07) is 7.79. The van der Waals surface area contributed by atoms with E-state index in [1.54, 1.807) is 18.2 Å². The van der Waals surface area contributed by atoms with Crippen molar-refractivity contribution >= 4 is 11.8 Å². The molecule has 0 aromatic heterocycles. The molecule has 0 unspecified atom stereocenters. The summed E-state index contributed by atoms with van der Waals surface area (Å²) >= 11 is 0. The average molecular weight is 234 g/mol. The van der Waals surface area contributed by atoms with Gasteiger partial charge in [-0.05, 0) is 12.1 Å². The summed E-state index contributed by atoms with van der Waals surface area (Å²) < 4.78 is 39.2. The first-order valence-corrected chi connectivity index (χ1v) is 4.23. The summed E-state index contributed by atoms with van der Waals surface area (Å²) in [6.45, 7) is -1.66. The zero-order chi connectivity index (χ0) is 12.2. The van der Waals surface area contributed by atoms with Crippen molar-refractivity contribution in [3.8, 4) is 0 Å². The van der Waals surface area contributed by atoms with Gasteiger partial charge in [0.1, 0.15) is 0 Å². The highest BCUT2D eigenvalue weighted by atomic mass is 19.4. The number of carbonyl (C=O) groups is 1. The molecule has 4 nitrogen and oxygen atoms in total. The van der Waals surface area contributed by atoms with Crippen LogP contribution in [0.25, 0.3) is 0 Å². The zero-order valence-electron chi connectivity index (χ0n) is 8.07. The second kappa shape index (κ2) is 4.84. The fourth-order valence-electron chi connectivity index (χ4n) is 0.907. The Labute approximate surface area is 89.4 Å². The Kier molecular flexibility index (Phi) is 3.73. The van der Waals surface area contributed by atoms with Gasteiger partial charge in [-0.3, -0.25) is 0 Å². The third-order valence-electron chi connectivity index (χ3n) is 1.59. The number of carbonyl (C=O) groups excluding carboxylic acids is 1. The molecular weight excluding hydrogens is 225 g/mol. The Hall–Kier alpha value is -1.76. The number of ether oxygens (including phenoxy) is 1. The van der Waals surface area contributed by atoms with Crippen LogP contribution in [0.2, 0.25) is 0 Å². The van der Waals surface area contributed by atoms with Crippen LogP contribution in [0.15, 0.2) is 30.3 Å². The minimum absolute atomic E-state index is 0.245. The van der Waals surface area contributed by atoms with Crippen molar-refractivity contribution in [3.05, 3.63) is 30.3 Å². The van der Waals surface area contributed by atoms with E-state index in [-0.39, 0.29) is 5.69 Å². The number of amides is 1. The average Bonchev–Trinajstić information content (AvgIpc) is 2.25. The summed E-state index contributed by atoms with van der Waals surface area (Å²) in [4.78, 5) is 11.1. The van der Waals surface area contributed by atoms with E-state index in [4.69, 9.17) is 5.84 Å². The molecule has 1 rings (SSSR count). The summed E-state index contributed by atoms with van der Waals surface area (Å²) in [5.74, 6) is 5.26. The normalized spacial score (nSPS) is 11.0. The van der Waals surface area contributed by atoms with Crippen LogP contribution >= 0.6 is 0 Å². The van der Waals surface area contributed by atoms with Crippen molar-refractivity contribution in [2.24, 2.45) is 5.84 Å². The van der Waals surface area contributed by atoms with E-state index in [0.717, 1.165) is 0 Å². The summed E-state index contributed by atoms with van der Waals surface area (Å²) in [6.07, 6.45) is -5.82. The number of nitrogens with two attached hydrogens (primary N) is 1. The van der Waals surface area contributed by atoms with E-state index in [0.29, 0.717) is 5.01 Å². The topological polar surface area (TPSA) is 55.6 Å². The number of alkyl halides is 3. The highest BCUT2D eigenvalue weighted by Gasteiger charge is 2.30. The lowest BCUT2D eigenvalue weighted by Gasteiger charge is -2.16. The lowest BCUT2D eigenvalue weighted by molar-refractivity contribution is -0.159. The molecule has 0 spiro atoms. The first kappa shape index (κ1) is 12.3. The van der Waals surface area contributed by atoms with Crippen molar-refractivity contribution < 1.29 is 22.7 Å². The van der Waals surface area contributed by atoms with Crippen LogP contribution in [0.3, 0.4) is 0 Å². The van der Waals surface area contributed by atoms with Crippen LogP contribution in [-0.4, -0.2) is 18.9 Å². The van der Waals surface area contributed by atoms with Gasteiger partial charge in [-0.15, -0.1) is 0 Å². The SMILES string of the molecule is NN(C(=O)OCC(F)(F)F)c1ccccc1. The van der Waals surface area contributed by atoms with E-state index in [2.05, 4.69) is 4.74 Å². The van der Waals surface area contributed by atoms with Gasteiger partial charge >= 0.3 is 12.3 Å². The molecule has 0 saturated heterocycles. The molecule has 1 aromatic carbocycles. The molecular formula is C9H9F3N2O2. The summed E-state index contributed by atoms with van der Waals surface area (Å²) in [7, 11) is 0. The third-order valence-corrected chi connectivity index (χ3v) is 1.59. The maximum Gasteiger partial charge on any atom is 0.429 e. The van der Waals surface area contributed by atoms with Crippen LogP contribution in [0.1, 0.15) is 0 Å². The van der Waals surface area contributed by atoms with Gasteiger partial charge in [-0.1, -0.05) is 18.2 Å². The molecule has 88 valence electrons. The Balaban J connectivity index is 2.55. The van der Waals surface area contributed by atoms with Gasteiger partial charge < -0.3 is 4.74 Å². The number of nitrogens with zero attached hydrogens (tertiary/aromatic N) is 1. The fraction of sp³-hybridized carbons (Fsp3) is 0.222. The Morgan fingerprint density at radius 1 is 1.31 bits per heavy atom. The minimum atomic E-state index is -4.56. The third kappa shape index (κ3) is 3.77. The van der Waals surface area contributed by atoms with E-state index < -0.39 is 18.9 Å². The Bertz CT molecular complexity index is 354. The lowest BCUT2D eigenvalue weighted by atomic mass is 10.3. The van der Waals surface area contributed by atoms with E-state index in [1.807, 2.05) is 0 Å². The molecule has 0 bridgehead atoms. The largest absolute Gasteiger partial charge is 0.439 e. The van der Waals surface area contributed by atoms with Crippen molar-refractivity contribution in [3.63, 3.8) is 0 Å². The lowest BCUT2D eigenvalue weighted by Crippen LogP contribution is -2.39. The molecule has 7 heteroatoms. The van der Waals surface area contributed by atoms with Crippen molar-refractivity contribution in [2.45, 2.75) is 6.18 Å². The molecule has 0 fully saturated rings. The predicted octanol–water partition coefficient (Wildman–Crippen LogP) is 2.07. The van der Waals surface area contributed by atoms with Gasteiger partial charge in [0.2, 0.25) is 0 Å². The van der Waals surface area contributed by atoms with Gasteiger partial charge in [0.05, 0.1) is 5.69 Å². The molecule has 1 amide bonds. The van der Waals surface area contributed by atoms with Crippen LogP contribution in [-0.2, 0) is 4.74 Å². The number of anilines is 1.